The highest BCUT2D eigenvalue weighted by molar-refractivity contribution is 7.98. The number of nitrogens with zero attached hydrogens (tertiary/aromatic N) is 2. The Kier molecular flexibility index (Phi) is 4.03. The average molecular weight is 342 g/mol. The van der Waals surface area contributed by atoms with Crippen LogP contribution in [0.15, 0.2) is 40.2 Å². The molecule has 124 valence electrons. The molecule has 0 saturated carbocycles. The van der Waals surface area contributed by atoms with Crippen LogP contribution in [0.1, 0.15) is 11.3 Å². The van der Waals surface area contributed by atoms with Crippen molar-refractivity contribution < 1.29 is 4.74 Å². The SMILES string of the molecule is COc1ccc2[nH]c(=O)c(CSc3cnn4c3CNCC4)cc2c1. The van der Waals surface area contributed by atoms with Crippen LogP contribution in [-0.2, 0) is 18.8 Å². The lowest BCUT2D eigenvalue weighted by molar-refractivity contribution is 0.415. The fourth-order valence-electron chi connectivity index (χ4n) is 2.90. The van der Waals surface area contributed by atoms with Gasteiger partial charge in [-0.25, -0.2) is 0 Å². The summed E-state index contributed by atoms with van der Waals surface area (Å²) in [4.78, 5) is 16.4. The monoisotopic (exact) mass is 342 g/mol. The Bertz CT molecular complexity index is 947. The Labute approximate surface area is 143 Å². The van der Waals surface area contributed by atoms with E-state index in [2.05, 4.69) is 15.4 Å². The molecule has 7 heteroatoms. The third-order valence-corrected chi connectivity index (χ3v) is 5.32. The average Bonchev–Trinajstić information content (AvgIpc) is 3.03. The number of nitrogens with one attached hydrogen (secondary N) is 2. The van der Waals surface area contributed by atoms with Crippen molar-refractivity contribution in [1.82, 2.24) is 20.1 Å². The number of aromatic amines is 1. The molecule has 1 aliphatic heterocycles. The summed E-state index contributed by atoms with van der Waals surface area (Å²) in [6, 6.07) is 7.59. The molecule has 0 radical (unpaired) electrons. The number of aromatic nitrogens is 3. The molecule has 0 amide bonds. The fourth-order valence-corrected chi connectivity index (χ4v) is 3.89. The predicted molar refractivity (Wildman–Crippen MR) is 94.6 cm³/mol. The second-order valence-electron chi connectivity index (χ2n) is 5.72. The van der Waals surface area contributed by atoms with Gasteiger partial charge in [0.1, 0.15) is 5.75 Å². The molecule has 2 aromatic heterocycles. The minimum absolute atomic E-state index is 0.0423. The van der Waals surface area contributed by atoms with Crippen LogP contribution in [0, 0.1) is 0 Å². The molecule has 3 aromatic rings. The number of pyridine rings is 1. The van der Waals surface area contributed by atoms with Crippen molar-refractivity contribution in [1.29, 1.82) is 0 Å². The van der Waals surface area contributed by atoms with Gasteiger partial charge < -0.3 is 15.0 Å². The number of H-pyrrole nitrogens is 1. The van der Waals surface area contributed by atoms with Crippen LogP contribution < -0.4 is 15.6 Å². The first kappa shape index (κ1) is 15.3. The normalized spacial score (nSPS) is 13.9. The van der Waals surface area contributed by atoms with Gasteiger partial charge in [-0.2, -0.15) is 5.10 Å². The maximum atomic E-state index is 12.3. The molecule has 3 heterocycles. The lowest BCUT2D eigenvalue weighted by atomic mass is 10.1. The van der Waals surface area contributed by atoms with E-state index in [1.54, 1.807) is 18.9 Å². The highest BCUT2D eigenvalue weighted by atomic mass is 32.2. The van der Waals surface area contributed by atoms with Crippen molar-refractivity contribution in [2.75, 3.05) is 13.7 Å². The molecular weight excluding hydrogens is 324 g/mol. The summed E-state index contributed by atoms with van der Waals surface area (Å²) in [6.45, 7) is 2.67. The van der Waals surface area contributed by atoms with E-state index in [1.165, 1.54) is 5.69 Å². The molecule has 1 aromatic carbocycles. The fraction of sp³-hybridized carbons (Fsp3) is 0.294. The Morgan fingerprint density at radius 1 is 1.38 bits per heavy atom. The number of hydrogen-bond donors (Lipinski definition) is 2. The molecule has 0 fully saturated rings. The van der Waals surface area contributed by atoms with Gasteiger partial charge in [0.15, 0.2) is 0 Å². The first-order chi connectivity index (χ1) is 11.7. The van der Waals surface area contributed by atoms with Crippen molar-refractivity contribution in [3.63, 3.8) is 0 Å². The van der Waals surface area contributed by atoms with Gasteiger partial charge in [-0.15, -0.1) is 11.8 Å². The summed E-state index contributed by atoms with van der Waals surface area (Å²) in [5.41, 5.74) is 2.73. The maximum absolute atomic E-state index is 12.3. The first-order valence-electron chi connectivity index (χ1n) is 7.83. The Balaban J connectivity index is 1.61. The standard InChI is InChI=1S/C17H18N4O2S/c1-23-13-2-3-14-11(7-13)6-12(17(22)20-14)10-24-16-9-19-21-5-4-18-8-15(16)21/h2-3,6-7,9,18H,4-5,8,10H2,1H3,(H,20,22). The maximum Gasteiger partial charge on any atom is 0.252 e. The van der Waals surface area contributed by atoms with E-state index in [-0.39, 0.29) is 5.56 Å². The third kappa shape index (κ3) is 2.81. The van der Waals surface area contributed by atoms with Crippen LogP contribution >= 0.6 is 11.8 Å². The number of fused-ring (bicyclic) bond motifs is 2. The number of benzene rings is 1. The summed E-state index contributed by atoms with van der Waals surface area (Å²) in [6.07, 6.45) is 1.89. The zero-order chi connectivity index (χ0) is 16.5. The molecule has 0 spiro atoms. The van der Waals surface area contributed by atoms with Crippen molar-refractivity contribution >= 4 is 22.7 Å². The molecule has 1 aliphatic rings. The second-order valence-corrected chi connectivity index (χ2v) is 6.74. The number of ether oxygens (including phenoxy) is 1. The summed E-state index contributed by atoms with van der Waals surface area (Å²) in [5, 5.41) is 8.75. The van der Waals surface area contributed by atoms with E-state index < -0.39 is 0 Å². The lowest BCUT2D eigenvalue weighted by Gasteiger charge is -2.15. The number of methoxy groups -OCH3 is 1. The van der Waals surface area contributed by atoms with Gasteiger partial charge in [0.05, 0.1) is 30.4 Å². The van der Waals surface area contributed by atoms with Gasteiger partial charge in [0.25, 0.3) is 5.56 Å². The Morgan fingerprint density at radius 3 is 3.17 bits per heavy atom. The summed E-state index contributed by atoms with van der Waals surface area (Å²) < 4.78 is 7.29. The lowest BCUT2D eigenvalue weighted by Crippen LogP contribution is -2.28. The molecule has 0 atom stereocenters. The molecule has 24 heavy (non-hydrogen) atoms. The van der Waals surface area contributed by atoms with Crippen LogP contribution in [0.4, 0.5) is 0 Å². The van der Waals surface area contributed by atoms with E-state index >= 15 is 0 Å². The quantitative estimate of drug-likeness (QED) is 0.711. The molecule has 2 N–H and O–H groups in total. The number of thioether (sulfide) groups is 1. The van der Waals surface area contributed by atoms with Crippen LogP contribution in [-0.4, -0.2) is 28.4 Å². The molecule has 4 rings (SSSR count). The largest absolute Gasteiger partial charge is 0.497 e. The Hall–Kier alpha value is -2.25. The first-order valence-corrected chi connectivity index (χ1v) is 8.81. The van der Waals surface area contributed by atoms with Crippen molar-refractivity contribution in [3.8, 4) is 5.75 Å². The van der Waals surface area contributed by atoms with Crippen LogP contribution in [0.5, 0.6) is 5.75 Å². The van der Waals surface area contributed by atoms with Crippen molar-refractivity contribution in [2.45, 2.75) is 23.7 Å². The van der Waals surface area contributed by atoms with Gasteiger partial charge in [-0.05, 0) is 24.3 Å². The highest BCUT2D eigenvalue weighted by Crippen LogP contribution is 2.27. The minimum atomic E-state index is -0.0423. The van der Waals surface area contributed by atoms with Crippen LogP contribution in [0.2, 0.25) is 0 Å². The van der Waals surface area contributed by atoms with Gasteiger partial charge in [0.2, 0.25) is 0 Å². The van der Waals surface area contributed by atoms with Crippen molar-refractivity contribution in [3.05, 3.63) is 52.1 Å². The summed E-state index contributed by atoms with van der Waals surface area (Å²) in [7, 11) is 1.64. The van der Waals surface area contributed by atoms with E-state index in [0.717, 1.165) is 46.7 Å². The van der Waals surface area contributed by atoms with E-state index in [0.29, 0.717) is 5.75 Å². The minimum Gasteiger partial charge on any atom is -0.497 e. The molecule has 0 unspecified atom stereocenters. The zero-order valence-corrected chi connectivity index (χ0v) is 14.2. The molecule has 0 bridgehead atoms. The van der Waals surface area contributed by atoms with Gasteiger partial charge in [-0.3, -0.25) is 9.48 Å². The van der Waals surface area contributed by atoms with Gasteiger partial charge >= 0.3 is 0 Å². The summed E-state index contributed by atoms with van der Waals surface area (Å²) >= 11 is 1.65. The number of hydrogen-bond acceptors (Lipinski definition) is 5. The van der Waals surface area contributed by atoms with Crippen molar-refractivity contribution in [2.24, 2.45) is 0 Å². The zero-order valence-electron chi connectivity index (χ0n) is 13.3. The van der Waals surface area contributed by atoms with E-state index in [9.17, 15) is 4.79 Å². The highest BCUT2D eigenvalue weighted by Gasteiger charge is 2.15. The molecule has 0 saturated heterocycles. The molecule has 6 nitrogen and oxygen atoms in total. The van der Waals surface area contributed by atoms with Gasteiger partial charge in [0, 0.05) is 35.3 Å². The van der Waals surface area contributed by atoms with Crippen LogP contribution in [0.3, 0.4) is 0 Å². The molecular formula is C17H18N4O2S. The van der Waals surface area contributed by atoms with E-state index in [1.807, 2.05) is 35.1 Å². The topological polar surface area (TPSA) is 71.9 Å². The number of rotatable bonds is 4. The molecule has 0 aliphatic carbocycles. The van der Waals surface area contributed by atoms with E-state index in [4.69, 9.17) is 4.74 Å². The predicted octanol–water partition coefficient (Wildman–Crippen LogP) is 2.13. The smallest absolute Gasteiger partial charge is 0.252 e. The Morgan fingerprint density at radius 2 is 2.29 bits per heavy atom. The van der Waals surface area contributed by atoms with Gasteiger partial charge in [-0.1, -0.05) is 0 Å². The summed E-state index contributed by atoms with van der Waals surface area (Å²) in [5.74, 6) is 1.39. The third-order valence-electron chi connectivity index (χ3n) is 4.21. The second kappa shape index (κ2) is 6.33. The van der Waals surface area contributed by atoms with Crippen LogP contribution in [0.25, 0.3) is 10.9 Å².